The Bertz CT molecular complexity index is 908. The van der Waals surface area contributed by atoms with E-state index in [4.69, 9.17) is 4.74 Å². The van der Waals surface area contributed by atoms with Crippen molar-refractivity contribution in [2.24, 2.45) is 0 Å². The quantitative estimate of drug-likeness (QED) is 0.843. The standard InChI is InChI=1S/C19H22N2O4S/c1-25-17-7-3-14(4-8-17)5-10-19(22)20-16-6-9-18-15(13-16)11-12-21(18)26(2,23)24/h3-4,6-9,13H,5,10-12H2,1-2H3,(H,20,22). The molecule has 3 rings (SSSR count). The summed E-state index contributed by atoms with van der Waals surface area (Å²) in [5.41, 5.74) is 3.39. The molecule has 6 nitrogen and oxygen atoms in total. The summed E-state index contributed by atoms with van der Waals surface area (Å²) in [5, 5.41) is 2.89. The second-order valence-electron chi connectivity index (χ2n) is 6.32. The normalized spacial score (nSPS) is 13.4. The number of anilines is 2. The van der Waals surface area contributed by atoms with Crippen molar-refractivity contribution in [3.63, 3.8) is 0 Å². The maximum Gasteiger partial charge on any atom is 0.232 e. The lowest BCUT2D eigenvalue weighted by molar-refractivity contribution is -0.116. The number of hydrogen-bond acceptors (Lipinski definition) is 4. The van der Waals surface area contributed by atoms with Crippen LogP contribution in [0.3, 0.4) is 0 Å². The molecule has 1 N–H and O–H groups in total. The first-order valence-electron chi connectivity index (χ1n) is 8.40. The molecule has 26 heavy (non-hydrogen) atoms. The molecule has 2 aromatic carbocycles. The van der Waals surface area contributed by atoms with Crippen molar-refractivity contribution in [2.75, 3.05) is 29.5 Å². The molecular formula is C19H22N2O4S. The number of hydrogen-bond donors (Lipinski definition) is 1. The van der Waals surface area contributed by atoms with Crippen LogP contribution in [0, 0.1) is 0 Å². The number of aryl methyl sites for hydroxylation is 1. The highest BCUT2D eigenvalue weighted by Crippen LogP contribution is 2.32. The average molecular weight is 374 g/mol. The molecule has 0 saturated carbocycles. The van der Waals surface area contributed by atoms with Crippen LogP contribution >= 0.6 is 0 Å². The molecular weight excluding hydrogens is 352 g/mol. The molecule has 7 heteroatoms. The predicted molar refractivity (Wildman–Crippen MR) is 102 cm³/mol. The van der Waals surface area contributed by atoms with E-state index in [9.17, 15) is 13.2 Å². The number of fused-ring (bicyclic) bond motifs is 1. The number of ether oxygens (including phenoxy) is 1. The highest BCUT2D eigenvalue weighted by Gasteiger charge is 2.26. The van der Waals surface area contributed by atoms with Gasteiger partial charge in [0.05, 0.1) is 19.1 Å². The fourth-order valence-electron chi connectivity index (χ4n) is 3.07. The van der Waals surface area contributed by atoms with Gasteiger partial charge in [0, 0.05) is 18.7 Å². The maximum atomic E-state index is 12.2. The number of amides is 1. The fraction of sp³-hybridized carbons (Fsp3) is 0.316. The van der Waals surface area contributed by atoms with Crippen LogP contribution in [0.2, 0.25) is 0 Å². The number of methoxy groups -OCH3 is 1. The first-order valence-corrected chi connectivity index (χ1v) is 10.2. The Hall–Kier alpha value is -2.54. The third-order valence-electron chi connectivity index (χ3n) is 4.42. The van der Waals surface area contributed by atoms with Gasteiger partial charge < -0.3 is 10.1 Å². The van der Waals surface area contributed by atoms with Gasteiger partial charge in [0.1, 0.15) is 5.75 Å². The summed E-state index contributed by atoms with van der Waals surface area (Å²) in [6, 6.07) is 13.0. The van der Waals surface area contributed by atoms with Crippen LogP contribution in [-0.4, -0.2) is 34.2 Å². The van der Waals surface area contributed by atoms with Gasteiger partial charge in [-0.05, 0) is 54.3 Å². The predicted octanol–water partition coefficient (Wildman–Crippen LogP) is 2.59. The lowest BCUT2D eigenvalue weighted by Gasteiger charge is -2.16. The zero-order chi connectivity index (χ0) is 18.7. The van der Waals surface area contributed by atoms with Gasteiger partial charge in [0.15, 0.2) is 0 Å². The summed E-state index contributed by atoms with van der Waals surface area (Å²) in [5.74, 6) is 0.721. The molecule has 1 amide bonds. The Labute approximate surface area is 153 Å². The van der Waals surface area contributed by atoms with Crippen LogP contribution in [0.25, 0.3) is 0 Å². The van der Waals surface area contributed by atoms with Gasteiger partial charge in [-0.1, -0.05) is 12.1 Å². The first kappa shape index (κ1) is 18.3. The van der Waals surface area contributed by atoms with E-state index in [1.165, 1.54) is 10.6 Å². The Morgan fingerprint density at radius 3 is 2.58 bits per heavy atom. The Kier molecular flexibility index (Phi) is 5.18. The molecule has 0 fully saturated rings. The number of benzene rings is 2. The number of sulfonamides is 1. The largest absolute Gasteiger partial charge is 0.497 e. The molecule has 1 aliphatic rings. The summed E-state index contributed by atoms with van der Waals surface area (Å²) < 4.78 is 30.1. The highest BCUT2D eigenvalue weighted by molar-refractivity contribution is 7.92. The van der Waals surface area contributed by atoms with E-state index in [2.05, 4.69) is 5.32 Å². The number of nitrogens with one attached hydrogen (secondary N) is 1. The highest BCUT2D eigenvalue weighted by atomic mass is 32.2. The van der Waals surface area contributed by atoms with Crippen molar-refractivity contribution in [3.8, 4) is 5.75 Å². The smallest absolute Gasteiger partial charge is 0.232 e. The van der Waals surface area contributed by atoms with Gasteiger partial charge in [-0.3, -0.25) is 9.10 Å². The molecule has 0 aliphatic carbocycles. The van der Waals surface area contributed by atoms with Crippen molar-refractivity contribution in [1.82, 2.24) is 0 Å². The molecule has 1 aliphatic heterocycles. The number of nitrogens with zero attached hydrogens (tertiary/aromatic N) is 1. The van der Waals surface area contributed by atoms with Crippen LogP contribution < -0.4 is 14.4 Å². The second kappa shape index (κ2) is 7.37. The van der Waals surface area contributed by atoms with Crippen molar-refractivity contribution in [3.05, 3.63) is 53.6 Å². The van der Waals surface area contributed by atoms with Crippen LogP contribution in [0.4, 0.5) is 11.4 Å². The summed E-state index contributed by atoms with van der Waals surface area (Å²) in [7, 11) is -1.64. The zero-order valence-corrected chi connectivity index (χ0v) is 15.7. The number of carbonyl (C=O) groups is 1. The summed E-state index contributed by atoms with van der Waals surface area (Å²) in [6.45, 7) is 0.447. The molecule has 0 saturated heterocycles. The molecule has 0 bridgehead atoms. The Morgan fingerprint density at radius 1 is 1.19 bits per heavy atom. The molecule has 2 aromatic rings. The zero-order valence-electron chi connectivity index (χ0n) is 14.9. The van der Waals surface area contributed by atoms with E-state index in [1.54, 1.807) is 19.2 Å². The van der Waals surface area contributed by atoms with Crippen LogP contribution in [0.5, 0.6) is 5.75 Å². The number of rotatable bonds is 6. The molecule has 0 spiro atoms. The van der Waals surface area contributed by atoms with Gasteiger partial charge in [0.25, 0.3) is 0 Å². The lowest BCUT2D eigenvalue weighted by Crippen LogP contribution is -2.27. The van der Waals surface area contributed by atoms with Crippen molar-refractivity contribution in [1.29, 1.82) is 0 Å². The molecule has 138 valence electrons. The average Bonchev–Trinajstić information content (AvgIpc) is 3.04. The minimum absolute atomic E-state index is 0.0706. The Balaban J connectivity index is 1.60. The molecule has 0 radical (unpaired) electrons. The van der Waals surface area contributed by atoms with Gasteiger partial charge in [-0.25, -0.2) is 8.42 Å². The minimum Gasteiger partial charge on any atom is -0.497 e. The van der Waals surface area contributed by atoms with E-state index < -0.39 is 10.0 Å². The first-order chi connectivity index (χ1) is 12.4. The van der Waals surface area contributed by atoms with Crippen LogP contribution in [-0.2, 0) is 27.7 Å². The van der Waals surface area contributed by atoms with Gasteiger partial charge in [-0.15, -0.1) is 0 Å². The van der Waals surface area contributed by atoms with Crippen molar-refractivity contribution >= 4 is 27.3 Å². The van der Waals surface area contributed by atoms with E-state index in [1.807, 2.05) is 30.3 Å². The lowest BCUT2D eigenvalue weighted by atomic mass is 10.1. The molecule has 0 aromatic heterocycles. The molecule has 0 unspecified atom stereocenters. The third-order valence-corrected chi connectivity index (χ3v) is 5.60. The topological polar surface area (TPSA) is 75.7 Å². The van der Waals surface area contributed by atoms with Gasteiger partial charge >= 0.3 is 0 Å². The summed E-state index contributed by atoms with van der Waals surface area (Å²) in [4.78, 5) is 12.2. The van der Waals surface area contributed by atoms with Gasteiger partial charge in [0.2, 0.25) is 15.9 Å². The van der Waals surface area contributed by atoms with Crippen LogP contribution in [0.1, 0.15) is 17.5 Å². The van der Waals surface area contributed by atoms with Crippen molar-refractivity contribution < 1.29 is 17.9 Å². The monoisotopic (exact) mass is 374 g/mol. The van der Waals surface area contributed by atoms with E-state index in [-0.39, 0.29) is 5.91 Å². The Morgan fingerprint density at radius 2 is 1.92 bits per heavy atom. The van der Waals surface area contributed by atoms with Crippen LogP contribution in [0.15, 0.2) is 42.5 Å². The summed E-state index contributed by atoms with van der Waals surface area (Å²) >= 11 is 0. The van der Waals surface area contributed by atoms with E-state index in [0.717, 1.165) is 16.9 Å². The fourth-order valence-corrected chi connectivity index (χ4v) is 4.03. The van der Waals surface area contributed by atoms with Gasteiger partial charge in [-0.2, -0.15) is 0 Å². The third kappa shape index (κ3) is 4.16. The van der Waals surface area contributed by atoms with Crippen molar-refractivity contribution in [2.45, 2.75) is 19.3 Å². The van der Waals surface area contributed by atoms with E-state index >= 15 is 0 Å². The van der Waals surface area contributed by atoms with E-state index in [0.29, 0.717) is 37.2 Å². The maximum absolute atomic E-state index is 12.2. The minimum atomic E-state index is -3.26. The summed E-state index contributed by atoms with van der Waals surface area (Å²) in [6.07, 6.45) is 2.87. The molecule has 0 atom stereocenters. The SMILES string of the molecule is COc1ccc(CCC(=O)Nc2ccc3c(c2)CCN3S(C)(=O)=O)cc1. The number of carbonyl (C=O) groups excluding carboxylic acids is 1. The molecule has 1 heterocycles. The second-order valence-corrected chi connectivity index (χ2v) is 8.23.